The maximum atomic E-state index is 12.0. The Labute approximate surface area is 147 Å². The molecule has 0 saturated heterocycles. The Kier molecular flexibility index (Phi) is 5.09. The molecule has 6 heteroatoms. The third-order valence-corrected chi connectivity index (χ3v) is 4.42. The second-order valence-corrected chi connectivity index (χ2v) is 6.14. The van der Waals surface area contributed by atoms with Crippen molar-refractivity contribution in [1.82, 2.24) is 5.32 Å². The lowest BCUT2D eigenvalue weighted by molar-refractivity contribution is 0.175. The summed E-state index contributed by atoms with van der Waals surface area (Å²) in [5.41, 5.74) is 3.93. The first-order valence-electron chi connectivity index (χ1n) is 8.28. The second kappa shape index (κ2) is 7.44. The molecule has 2 aromatic rings. The van der Waals surface area contributed by atoms with Crippen LogP contribution in [0.1, 0.15) is 17.2 Å². The van der Waals surface area contributed by atoms with Gasteiger partial charge in [-0.1, -0.05) is 12.1 Å². The van der Waals surface area contributed by atoms with Crippen LogP contribution in [-0.4, -0.2) is 38.4 Å². The molecule has 1 unspecified atom stereocenters. The van der Waals surface area contributed by atoms with E-state index in [4.69, 9.17) is 4.74 Å². The van der Waals surface area contributed by atoms with E-state index in [-0.39, 0.29) is 12.6 Å². The van der Waals surface area contributed by atoms with Crippen LogP contribution in [0.5, 0.6) is 5.75 Å². The lowest BCUT2D eigenvalue weighted by Crippen LogP contribution is -2.32. The Hall–Kier alpha value is -2.73. The molecule has 3 N–H and O–H groups in total. The van der Waals surface area contributed by atoms with Gasteiger partial charge in [0.25, 0.3) is 0 Å². The van der Waals surface area contributed by atoms with Gasteiger partial charge in [-0.15, -0.1) is 0 Å². The van der Waals surface area contributed by atoms with Crippen molar-refractivity contribution in [2.75, 3.05) is 37.5 Å². The highest BCUT2D eigenvalue weighted by Gasteiger charge is 2.18. The van der Waals surface area contributed by atoms with Gasteiger partial charge in [-0.25, -0.2) is 4.79 Å². The fraction of sp³-hybridized carbons (Fsp3) is 0.316. The lowest BCUT2D eigenvalue weighted by Gasteiger charge is -2.16. The average molecular weight is 341 g/mol. The molecule has 2 amide bonds. The van der Waals surface area contributed by atoms with Crippen LogP contribution in [0.15, 0.2) is 42.5 Å². The number of hydrogen-bond acceptors (Lipinski definition) is 4. The van der Waals surface area contributed by atoms with Gasteiger partial charge in [0.05, 0.1) is 13.2 Å². The van der Waals surface area contributed by atoms with Crippen molar-refractivity contribution in [2.45, 2.75) is 12.5 Å². The molecule has 0 aromatic heterocycles. The highest BCUT2D eigenvalue weighted by molar-refractivity contribution is 5.89. The molecular weight excluding hydrogens is 318 g/mol. The number of anilines is 2. The van der Waals surface area contributed by atoms with Gasteiger partial charge in [0.15, 0.2) is 0 Å². The molecule has 0 fully saturated rings. The molecule has 132 valence electrons. The number of nitrogens with one attached hydrogen (secondary N) is 2. The minimum absolute atomic E-state index is 0.149. The third-order valence-electron chi connectivity index (χ3n) is 4.42. The summed E-state index contributed by atoms with van der Waals surface area (Å²) in [5, 5.41) is 15.7. The Bertz CT molecular complexity index is 746. The number of methoxy groups -OCH3 is 1. The molecule has 1 aliphatic rings. The molecule has 6 nitrogen and oxygen atoms in total. The Morgan fingerprint density at radius 1 is 1.28 bits per heavy atom. The zero-order valence-electron chi connectivity index (χ0n) is 14.5. The van der Waals surface area contributed by atoms with E-state index < -0.39 is 6.10 Å². The number of urea groups is 1. The maximum Gasteiger partial charge on any atom is 0.319 e. The van der Waals surface area contributed by atoms with Gasteiger partial charge in [-0.2, -0.15) is 0 Å². The number of benzene rings is 2. The summed E-state index contributed by atoms with van der Waals surface area (Å²) in [6.45, 7) is 1.15. The van der Waals surface area contributed by atoms with Crippen LogP contribution < -0.4 is 20.3 Å². The van der Waals surface area contributed by atoms with Crippen molar-refractivity contribution in [2.24, 2.45) is 0 Å². The minimum atomic E-state index is -0.738. The van der Waals surface area contributed by atoms with Crippen LogP contribution in [0.25, 0.3) is 0 Å². The second-order valence-electron chi connectivity index (χ2n) is 6.14. The predicted molar refractivity (Wildman–Crippen MR) is 98.4 cm³/mol. The van der Waals surface area contributed by atoms with Crippen molar-refractivity contribution in [3.8, 4) is 5.75 Å². The van der Waals surface area contributed by atoms with Crippen molar-refractivity contribution < 1.29 is 14.6 Å². The number of carbonyl (C=O) groups is 1. The summed E-state index contributed by atoms with van der Waals surface area (Å²) in [5.74, 6) is 0.726. The van der Waals surface area contributed by atoms with E-state index >= 15 is 0 Å². The van der Waals surface area contributed by atoms with Crippen molar-refractivity contribution in [3.63, 3.8) is 0 Å². The largest absolute Gasteiger partial charge is 0.497 e. The van der Waals surface area contributed by atoms with E-state index in [2.05, 4.69) is 22.6 Å². The summed E-state index contributed by atoms with van der Waals surface area (Å²) in [7, 11) is 3.65. The Balaban J connectivity index is 1.53. The molecular formula is C19H23N3O3. The fourth-order valence-electron chi connectivity index (χ4n) is 2.95. The molecule has 3 rings (SSSR count). The number of nitrogens with zero attached hydrogens (tertiary/aromatic N) is 1. The quantitative estimate of drug-likeness (QED) is 0.781. The smallest absolute Gasteiger partial charge is 0.319 e. The summed E-state index contributed by atoms with van der Waals surface area (Å²) in [6, 6.07) is 12.7. The van der Waals surface area contributed by atoms with E-state index in [1.54, 1.807) is 31.4 Å². The van der Waals surface area contributed by atoms with Gasteiger partial charge in [-0.3, -0.25) is 0 Å². The Morgan fingerprint density at radius 3 is 2.76 bits per heavy atom. The molecule has 0 bridgehead atoms. The number of aliphatic hydroxyl groups is 1. The van der Waals surface area contributed by atoms with Gasteiger partial charge < -0.3 is 25.4 Å². The number of rotatable bonds is 5. The normalized spacial score (nSPS) is 14.0. The summed E-state index contributed by atoms with van der Waals surface area (Å²) >= 11 is 0. The zero-order chi connectivity index (χ0) is 17.8. The van der Waals surface area contributed by atoms with Gasteiger partial charge in [0.1, 0.15) is 5.75 Å². The number of hydrogen-bond donors (Lipinski definition) is 3. The van der Waals surface area contributed by atoms with Gasteiger partial charge >= 0.3 is 6.03 Å². The van der Waals surface area contributed by atoms with E-state index in [1.807, 2.05) is 18.2 Å². The SMILES string of the molecule is COc1ccc(NC(=O)NCC(O)c2ccc3c(c2)CCN3C)cc1. The molecule has 0 aliphatic carbocycles. The zero-order valence-corrected chi connectivity index (χ0v) is 14.5. The van der Waals surface area contributed by atoms with Crippen molar-refractivity contribution >= 4 is 17.4 Å². The highest BCUT2D eigenvalue weighted by Crippen LogP contribution is 2.29. The van der Waals surface area contributed by atoms with Crippen LogP contribution in [0, 0.1) is 0 Å². The molecule has 2 aromatic carbocycles. The molecule has 0 saturated carbocycles. The number of amides is 2. The molecule has 0 radical (unpaired) electrons. The molecule has 0 spiro atoms. The van der Waals surface area contributed by atoms with Crippen LogP contribution in [0.4, 0.5) is 16.2 Å². The molecule has 1 aliphatic heterocycles. The third kappa shape index (κ3) is 4.03. The number of ether oxygens (including phenoxy) is 1. The highest BCUT2D eigenvalue weighted by atomic mass is 16.5. The lowest BCUT2D eigenvalue weighted by atomic mass is 10.0. The number of likely N-dealkylation sites (N-methyl/N-ethyl adjacent to an activating group) is 1. The molecule has 1 atom stereocenters. The number of carbonyl (C=O) groups excluding carboxylic acids is 1. The van der Waals surface area contributed by atoms with E-state index in [1.165, 1.54) is 11.3 Å². The maximum absolute atomic E-state index is 12.0. The van der Waals surface area contributed by atoms with Gasteiger partial charge in [0.2, 0.25) is 0 Å². The number of fused-ring (bicyclic) bond motifs is 1. The first kappa shape index (κ1) is 17.1. The first-order valence-corrected chi connectivity index (χ1v) is 8.28. The van der Waals surface area contributed by atoms with E-state index in [9.17, 15) is 9.90 Å². The topological polar surface area (TPSA) is 73.8 Å². The summed E-state index contributed by atoms with van der Waals surface area (Å²) in [6.07, 6.45) is 0.246. The van der Waals surface area contributed by atoms with Gasteiger partial charge in [-0.05, 0) is 47.9 Å². The molecule has 1 heterocycles. The number of aliphatic hydroxyl groups excluding tert-OH is 1. The summed E-state index contributed by atoms with van der Waals surface area (Å²) < 4.78 is 5.08. The van der Waals surface area contributed by atoms with Crippen molar-refractivity contribution in [1.29, 1.82) is 0 Å². The van der Waals surface area contributed by atoms with Crippen LogP contribution in [0.2, 0.25) is 0 Å². The van der Waals surface area contributed by atoms with Crippen LogP contribution in [-0.2, 0) is 6.42 Å². The summed E-state index contributed by atoms with van der Waals surface area (Å²) in [4.78, 5) is 14.2. The predicted octanol–water partition coefficient (Wildman–Crippen LogP) is 2.54. The van der Waals surface area contributed by atoms with Crippen molar-refractivity contribution in [3.05, 3.63) is 53.6 Å². The fourth-order valence-corrected chi connectivity index (χ4v) is 2.95. The Morgan fingerprint density at radius 2 is 2.04 bits per heavy atom. The molecule has 25 heavy (non-hydrogen) atoms. The standard InChI is InChI=1S/C19H23N3O3/c1-22-10-9-13-11-14(3-8-17(13)22)18(23)12-20-19(24)21-15-4-6-16(25-2)7-5-15/h3-8,11,18,23H,9-10,12H2,1-2H3,(H2,20,21,24). The van der Waals surface area contributed by atoms with Crippen LogP contribution >= 0.6 is 0 Å². The van der Waals surface area contributed by atoms with Crippen LogP contribution in [0.3, 0.4) is 0 Å². The minimum Gasteiger partial charge on any atom is -0.497 e. The van der Waals surface area contributed by atoms with Gasteiger partial charge in [0, 0.05) is 31.5 Å². The average Bonchev–Trinajstić information content (AvgIpc) is 3.01. The first-order chi connectivity index (χ1) is 12.1. The van der Waals surface area contributed by atoms with E-state index in [0.717, 1.165) is 24.3 Å². The van der Waals surface area contributed by atoms with E-state index in [0.29, 0.717) is 5.69 Å². The monoisotopic (exact) mass is 341 g/mol.